The Hall–Kier alpha value is -1.01. The maximum Gasteiger partial charge on any atom is 0.303 e. The molecule has 3 saturated heterocycles. The number of aliphatic hydroxyl groups is 3. The van der Waals surface area contributed by atoms with E-state index in [4.69, 9.17) is 47.4 Å². The summed E-state index contributed by atoms with van der Waals surface area (Å²) >= 11 is 0. The van der Waals surface area contributed by atoms with Crippen LogP contribution in [0.15, 0.2) is 0 Å². The molecule has 222 valence electrons. The Morgan fingerprint density at radius 3 is 1.63 bits per heavy atom. The minimum absolute atomic E-state index is 0.530. The van der Waals surface area contributed by atoms with Crippen molar-refractivity contribution < 1.29 is 67.5 Å². The average molecular weight is 555 g/mol. The zero-order chi connectivity index (χ0) is 28.3. The lowest BCUT2D eigenvalue weighted by atomic mass is 9.96. The van der Waals surface area contributed by atoms with Crippen LogP contribution in [0, 0.1) is 0 Å². The van der Waals surface area contributed by atoms with Gasteiger partial charge in [-0.05, 0) is 20.8 Å². The van der Waals surface area contributed by atoms with Gasteiger partial charge in [0.15, 0.2) is 25.0 Å². The predicted octanol–water partition coefficient (Wildman–Crippen LogP) is -1.30. The van der Waals surface area contributed by atoms with Gasteiger partial charge in [0.05, 0.1) is 18.3 Å². The molecule has 3 N–H and O–H groups in total. The lowest BCUT2D eigenvalue weighted by Gasteiger charge is -2.49. The second-order valence-corrected chi connectivity index (χ2v) is 9.71. The van der Waals surface area contributed by atoms with Crippen LogP contribution in [-0.2, 0) is 52.2 Å². The minimum Gasteiger partial charge on any atom is -0.457 e. The zero-order valence-corrected chi connectivity index (χ0v) is 23.0. The van der Waals surface area contributed by atoms with Crippen molar-refractivity contribution in [2.24, 2.45) is 0 Å². The predicted molar refractivity (Wildman–Crippen MR) is 126 cm³/mol. The van der Waals surface area contributed by atoms with Crippen molar-refractivity contribution in [1.29, 1.82) is 0 Å². The van der Waals surface area contributed by atoms with Crippen LogP contribution in [-0.4, -0.2) is 142 Å². The molecule has 0 aromatic heterocycles. The summed E-state index contributed by atoms with van der Waals surface area (Å²) in [5, 5.41) is 32.3. The number of carbonyl (C=O) groups excluding carboxylic acids is 1. The largest absolute Gasteiger partial charge is 0.457 e. The van der Waals surface area contributed by atoms with Crippen molar-refractivity contribution in [3.8, 4) is 0 Å². The van der Waals surface area contributed by atoms with Gasteiger partial charge in [-0.1, -0.05) is 0 Å². The van der Waals surface area contributed by atoms with Gasteiger partial charge in [-0.2, -0.15) is 0 Å². The van der Waals surface area contributed by atoms with Crippen molar-refractivity contribution in [1.82, 2.24) is 0 Å². The molecule has 0 spiro atoms. The number of aliphatic hydroxyl groups excluding tert-OH is 3. The van der Waals surface area contributed by atoms with Gasteiger partial charge in [0.2, 0.25) is 0 Å². The molecular formula is C24H42O14. The van der Waals surface area contributed by atoms with E-state index in [1.54, 1.807) is 20.8 Å². The molecule has 0 aromatic carbocycles. The quantitative estimate of drug-likeness (QED) is 0.287. The van der Waals surface area contributed by atoms with Gasteiger partial charge in [-0.3, -0.25) is 4.79 Å². The molecule has 0 bridgehead atoms. The molecule has 3 heterocycles. The molecule has 3 aliphatic heterocycles. The van der Waals surface area contributed by atoms with Gasteiger partial charge in [0, 0.05) is 35.4 Å². The maximum atomic E-state index is 11.5. The summed E-state index contributed by atoms with van der Waals surface area (Å²) in [7, 11) is 5.64. The Balaban J connectivity index is 1.83. The highest BCUT2D eigenvalue weighted by Crippen LogP contribution is 2.35. The highest BCUT2D eigenvalue weighted by atomic mass is 16.8. The third-order valence-corrected chi connectivity index (χ3v) is 7.23. The average Bonchev–Trinajstić information content (AvgIpc) is 2.85. The Labute approximate surface area is 222 Å². The molecule has 14 heteroatoms. The van der Waals surface area contributed by atoms with Crippen LogP contribution in [0.5, 0.6) is 0 Å². The van der Waals surface area contributed by atoms with Crippen molar-refractivity contribution in [2.45, 2.75) is 120 Å². The SMILES string of the molecule is CO[C@@H]1[C@H](O[C@@H]2[C@@H](O)[C@H](C)O[C@@H](O[C@@H]3[C@@H](OC)[C@H](C)OC(O)[C@@H]3OC)[C@@H]2OC)O[C@@H](C)[C@@H](OC(C)=O)[C@H]1O. The number of hydrogen-bond donors (Lipinski definition) is 3. The number of ether oxygens (including phenoxy) is 10. The van der Waals surface area contributed by atoms with E-state index in [9.17, 15) is 20.1 Å². The fraction of sp³-hybridized carbons (Fsp3) is 0.958. The number of methoxy groups -OCH3 is 4. The van der Waals surface area contributed by atoms with Gasteiger partial charge in [-0.15, -0.1) is 0 Å². The van der Waals surface area contributed by atoms with Crippen molar-refractivity contribution in [3.63, 3.8) is 0 Å². The second-order valence-electron chi connectivity index (χ2n) is 9.71. The van der Waals surface area contributed by atoms with Gasteiger partial charge >= 0.3 is 5.97 Å². The monoisotopic (exact) mass is 554 g/mol. The van der Waals surface area contributed by atoms with Gasteiger partial charge in [0.1, 0.15) is 48.8 Å². The number of esters is 1. The Kier molecular flexibility index (Phi) is 11.3. The van der Waals surface area contributed by atoms with Crippen LogP contribution < -0.4 is 0 Å². The van der Waals surface area contributed by atoms with E-state index < -0.39 is 98.1 Å². The molecular weight excluding hydrogens is 512 g/mol. The Morgan fingerprint density at radius 2 is 1.08 bits per heavy atom. The summed E-state index contributed by atoms with van der Waals surface area (Å²) < 4.78 is 57.1. The lowest BCUT2D eigenvalue weighted by Crippen LogP contribution is -2.66. The lowest BCUT2D eigenvalue weighted by molar-refractivity contribution is -0.378. The van der Waals surface area contributed by atoms with E-state index in [1.165, 1.54) is 35.4 Å². The molecule has 3 aliphatic rings. The fourth-order valence-corrected chi connectivity index (χ4v) is 5.24. The van der Waals surface area contributed by atoms with Crippen molar-refractivity contribution in [2.75, 3.05) is 28.4 Å². The van der Waals surface area contributed by atoms with Crippen LogP contribution in [0.2, 0.25) is 0 Å². The summed E-state index contributed by atoms with van der Waals surface area (Å²) in [6, 6.07) is 0. The number of carbonyl (C=O) groups is 1. The molecule has 14 nitrogen and oxygen atoms in total. The first-order valence-electron chi connectivity index (χ1n) is 12.6. The highest BCUT2D eigenvalue weighted by Gasteiger charge is 2.54. The van der Waals surface area contributed by atoms with Crippen LogP contribution in [0.1, 0.15) is 27.7 Å². The maximum absolute atomic E-state index is 11.5. The first kappa shape index (κ1) is 31.5. The van der Waals surface area contributed by atoms with Crippen LogP contribution >= 0.6 is 0 Å². The molecule has 3 rings (SSSR count). The van der Waals surface area contributed by atoms with E-state index in [1.807, 2.05) is 0 Å². The van der Waals surface area contributed by atoms with E-state index in [-0.39, 0.29) is 0 Å². The van der Waals surface area contributed by atoms with Crippen LogP contribution in [0.3, 0.4) is 0 Å². The van der Waals surface area contributed by atoms with Gasteiger partial charge < -0.3 is 62.7 Å². The van der Waals surface area contributed by atoms with E-state index >= 15 is 0 Å². The third-order valence-electron chi connectivity index (χ3n) is 7.23. The normalized spacial score (nSPS) is 48.0. The molecule has 0 radical (unpaired) electrons. The summed E-state index contributed by atoms with van der Waals surface area (Å²) in [6.07, 6.45) is -14.5. The van der Waals surface area contributed by atoms with E-state index in [2.05, 4.69) is 0 Å². The highest BCUT2D eigenvalue weighted by molar-refractivity contribution is 5.66. The van der Waals surface area contributed by atoms with Crippen molar-refractivity contribution in [3.05, 3.63) is 0 Å². The molecule has 0 saturated carbocycles. The summed E-state index contributed by atoms with van der Waals surface area (Å²) in [6.45, 7) is 6.22. The van der Waals surface area contributed by atoms with E-state index in [0.29, 0.717) is 0 Å². The number of rotatable bonds is 9. The topological polar surface area (TPSA) is 170 Å². The molecule has 15 atom stereocenters. The Bertz CT molecular complexity index is 740. The van der Waals surface area contributed by atoms with Gasteiger partial charge in [0.25, 0.3) is 0 Å². The molecule has 0 aliphatic carbocycles. The van der Waals surface area contributed by atoms with Crippen LogP contribution in [0.4, 0.5) is 0 Å². The first-order chi connectivity index (χ1) is 18.0. The molecule has 0 aromatic rings. The summed E-state index contributed by atoms with van der Waals surface area (Å²) in [5.41, 5.74) is 0. The zero-order valence-electron chi connectivity index (χ0n) is 23.0. The summed E-state index contributed by atoms with van der Waals surface area (Å²) in [4.78, 5) is 11.5. The first-order valence-corrected chi connectivity index (χ1v) is 12.6. The number of hydrogen-bond acceptors (Lipinski definition) is 14. The van der Waals surface area contributed by atoms with Gasteiger partial charge in [-0.25, -0.2) is 0 Å². The minimum atomic E-state index is -1.28. The second kappa shape index (κ2) is 13.6. The summed E-state index contributed by atoms with van der Waals surface area (Å²) in [5.74, 6) is -0.580. The van der Waals surface area contributed by atoms with Crippen LogP contribution in [0.25, 0.3) is 0 Å². The molecule has 38 heavy (non-hydrogen) atoms. The molecule has 1 unspecified atom stereocenters. The van der Waals surface area contributed by atoms with E-state index in [0.717, 1.165) is 0 Å². The third kappa shape index (κ3) is 6.48. The van der Waals surface area contributed by atoms with Crippen molar-refractivity contribution >= 4 is 5.97 Å². The smallest absolute Gasteiger partial charge is 0.303 e. The molecule has 3 fully saturated rings. The fourth-order valence-electron chi connectivity index (χ4n) is 5.24. The standard InChI is InChI=1S/C24H42O14/c1-9-13(26)17(37-23-18(30-6)14(27)15(10(2)35-23)36-12(4)25)21(32-8)24(34-9)38-19-16(29-5)11(3)33-22(28)20(19)31-7/h9-11,13-24,26-28H,1-8H3/t9-,10-,11-,13-,14+,15+,16-,17+,18-,19+,20+,21+,22?,23-,24-/m0/s1. The Morgan fingerprint density at radius 1 is 0.579 bits per heavy atom. The molecule has 0 amide bonds.